The molecule has 6 heteroatoms. The van der Waals surface area contributed by atoms with Crippen LogP contribution in [0.3, 0.4) is 0 Å². The van der Waals surface area contributed by atoms with Gasteiger partial charge in [-0.15, -0.1) is 0 Å². The molecule has 2 aromatic heterocycles. The van der Waals surface area contributed by atoms with Crippen LogP contribution >= 0.6 is 0 Å². The molecule has 1 fully saturated rings. The number of hydrogen-bond donors (Lipinski definition) is 0. The Labute approximate surface area is 148 Å². The largest absolute Gasteiger partial charge is 0.340 e. The molecule has 3 heterocycles. The van der Waals surface area contributed by atoms with Gasteiger partial charge in [0, 0.05) is 50.5 Å². The van der Waals surface area contributed by atoms with Crippen LogP contribution in [-0.4, -0.2) is 44.9 Å². The van der Waals surface area contributed by atoms with Crippen molar-refractivity contribution < 1.29 is 4.79 Å². The highest BCUT2D eigenvalue weighted by Gasteiger charge is 2.31. The topological polar surface area (TPSA) is 62.2 Å². The number of aromatic nitrogens is 3. The van der Waals surface area contributed by atoms with Crippen molar-refractivity contribution in [1.29, 1.82) is 0 Å². The summed E-state index contributed by atoms with van der Waals surface area (Å²) < 4.78 is 0. The van der Waals surface area contributed by atoms with E-state index in [1.165, 1.54) is 0 Å². The third kappa shape index (κ3) is 4.32. The van der Waals surface area contributed by atoms with E-state index in [-0.39, 0.29) is 17.9 Å². The Morgan fingerprint density at radius 2 is 2.08 bits per heavy atom. The maximum absolute atomic E-state index is 13.2. The molecule has 0 aromatic carbocycles. The number of rotatable bonds is 5. The van der Waals surface area contributed by atoms with E-state index in [9.17, 15) is 4.79 Å². The molecule has 1 amide bonds. The van der Waals surface area contributed by atoms with E-state index in [0.29, 0.717) is 19.0 Å². The van der Waals surface area contributed by atoms with Gasteiger partial charge in [-0.25, -0.2) is 9.97 Å². The van der Waals surface area contributed by atoms with E-state index in [2.05, 4.69) is 33.7 Å². The molecule has 1 unspecified atom stereocenters. The molecule has 1 atom stereocenters. The van der Waals surface area contributed by atoms with Gasteiger partial charge >= 0.3 is 0 Å². The zero-order valence-corrected chi connectivity index (χ0v) is 14.9. The first-order chi connectivity index (χ1) is 12.1. The van der Waals surface area contributed by atoms with Gasteiger partial charge in [-0.05, 0) is 44.4 Å². The summed E-state index contributed by atoms with van der Waals surface area (Å²) in [4.78, 5) is 30.0. The van der Waals surface area contributed by atoms with Gasteiger partial charge in [0.2, 0.25) is 11.9 Å². The van der Waals surface area contributed by atoms with E-state index < -0.39 is 0 Å². The van der Waals surface area contributed by atoms with Gasteiger partial charge < -0.3 is 9.80 Å². The number of carbonyl (C=O) groups is 1. The quantitative estimate of drug-likeness (QED) is 0.838. The Balaban J connectivity index is 1.71. The highest BCUT2D eigenvalue weighted by molar-refractivity contribution is 5.80. The van der Waals surface area contributed by atoms with Gasteiger partial charge in [0.25, 0.3) is 0 Å². The molecule has 1 aliphatic heterocycles. The standard InChI is InChI=1S/C19H25N5O/c1-15(2)24(13-16-6-3-8-20-12-16)18(25)17-7-4-11-23(14-17)19-21-9-5-10-22-19/h3,5-6,8-10,12,15,17H,4,7,11,13-14H2,1-2H3. The summed E-state index contributed by atoms with van der Waals surface area (Å²) in [5, 5.41) is 0. The Bertz CT molecular complexity index is 677. The number of pyridine rings is 1. The molecule has 0 N–H and O–H groups in total. The number of carbonyl (C=O) groups excluding carboxylic acids is 1. The lowest BCUT2D eigenvalue weighted by Gasteiger charge is -2.36. The first-order valence-corrected chi connectivity index (χ1v) is 8.86. The summed E-state index contributed by atoms with van der Waals surface area (Å²) in [6, 6.07) is 5.88. The fraction of sp³-hybridized carbons (Fsp3) is 0.474. The second kappa shape index (κ2) is 8.05. The molecule has 1 aliphatic rings. The van der Waals surface area contributed by atoms with Gasteiger partial charge in [0.05, 0.1) is 5.92 Å². The summed E-state index contributed by atoms with van der Waals surface area (Å²) in [6.45, 7) is 6.31. The fourth-order valence-electron chi connectivity index (χ4n) is 3.25. The molecule has 0 bridgehead atoms. The molecule has 132 valence electrons. The van der Waals surface area contributed by atoms with E-state index in [1.54, 1.807) is 18.6 Å². The van der Waals surface area contributed by atoms with E-state index in [0.717, 1.165) is 24.9 Å². The molecule has 0 radical (unpaired) electrons. The van der Waals surface area contributed by atoms with Crippen molar-refractivity contribution in [3.63, 3.8) is 0 Å². The predicted octanol–water partition coefficient (Wildman–Crippen LogP) is 2.53. The Morgan fingerprint density at radius 1 is 1.28 bits per heavy atom. The number of nitrogens with zero attached hydrogens (tertiary/aromatic N) is 5. The van der Waals surface area contributed by atoms with Crippen LogP contribution in [0.1, 0.15) is 32.3 Å². The SMILES string of the molecule is CC(C)N(Cc1cccnc1)C(=O)C1CCCN(c2ncccn2)C1. The van der Waals surface area contributed by atoms with Crippen molar-refractivity contribution in [2.24, 2.45) is 5.92 Å². The van der Waals surface area contributed by atoms with Gasteiger partial charge in [0.15, 0.2) is 0 Å². The maximum Gasteiger partial charge on any atom is 0.228 e. The average molecular weight is 339 g/mol. The zero-order valence-electron chi connectivity index (χ0n) is 14.9. The van der Waals surface area contributed by atoms with Crippen LogP contribution in [0.2, 0.25) is 0 Å². The summed E-state index contributed by atoms with van der Waals surface area (Å²) in [7, 11) is 0. The summed E-state index contributed by atoms with van der Waals surface area (Å²) in [6.07, 6.45) is 8.97. The third-order valence-corrected chi connectivity index (χ3v) is 4.59. The van der Waals surface area contributed by atoms with Gasteiger partial charge in [-0.2, -0.15) is 0 Å². The number of amides is 1. The molecule has 1 saturated heterocycles. The molecule has 0 saturated carbocycles. The van der Waals surface area contributed by atoms with E-state index >= 15 is 0 Å². The fourth-order valence-corrected chi connectivity index (χ4v) is 3.25. The predicted molar refractivity (Wildman–Crippen MR) is 96.9 cm³/mol. The zero-order chi connectivity index (χ0) is 17.6. The molecule has 0 spiro atoms. The smallest absolute Gasteiger partial charge is 0.228 e. The molecule has 0 aliphatic carbocycles. The van der Waals surface area contributed by atoms with Gasteiger partial charge in [-0.1, -0.05) is 6.07 Å². The Morgan fingerprint density at radius 3 is 2.76 bits per heavy atom. The minimum absolute atomic E-state index is 0.0170. The Kier molecular flexibility index (Phi) is 5.58. The van der Waals surface area contributed by atoms with Crippen LogP contribution in [0.4, 0.5) is 5.95 Å². The van der Waals surface area contributed by atoms with Crippen molar-refractivity contribution >= 4 is 11.9 Å². The van der Waals surface area contributed by atoms with Crippen molar-refractivity contribution in [1.82, 2.24) is 19.9 Å². The lowest BCUT2D eigenvalue weighted by molar-refractivity contribution is -0.138. The number of hydrogen-bond acceptors (Lipinski definition) is 5. The minimum Gasteiger partial charge on any atom is -0.340 e. The van der Waals surface area contributed by atoms with Crippen molar-refractivity contribution in [2.75, 3.05) is 18.0 Å². The lowest BCUT2D eigenvalue weighted by Crippen LogP contribution is -2.47. The number of anilines is 1. The van der Waals surface area contributed by atoms with Gasteiger partial charge in [-0.3, -0.25) is 9.78 Å². The maximum atomic E-state index is 13.2. The molecule has 2 aromatic rings. The minimum atomic E-state index is -0.0170. The van der Waals surface area contributed by atoms with E-state index in [4.69, 9.17) is 0 Å². The van der Waals surface area contributed by atoms with Crippen LogP contribution < -0.4 is 4.90 Å². The molecule has 6 nitrogen and oxygen atoms in total. The average Bonchev–Trinajstić information content (AvgIpc) is 2.67. The highest BCUT2D eigenvalue weighted by Crippen LogP contribution is 2.23. The second-order valence-corrected chi connectivity index (χ2v) is 6.76. The van der Waals surface area contributed by atoms with Crippen molar-refractivity contribution in [3.8, 4) is 0 Å². The van der Waals surface area contributed by atoms with Crippen molar-refractivity contribution in [2.45, 2.75) is 39.3 Å². The Hall–Kier alpha value is -2.50. The molecular weight excluding hydrogens is 314 g/mol. The highest BCUT2D eigenvalue weighted by atomic mass is 16.2. The van der Waals surface area contributed by atoms with Crippen molar-refractivity contribution in [3.05, 3.63) is 48.5 Å². The third-order valence-electron chi connectivity index (χ3n) is 4.59. The first-order valence-electron chi connectivity index (χ1n) is 8.86. The second-order valence-electron chi connectivity index (χ2n) is 6.76. The first kappa shape index (κ1) is 17.3. The van der Waals surface area contributed by atoms with Crippen LogP contribution in [0, 0.1) is 5.92 Å². The van der Waals surface area contributed by atoms with Crippen LogP contribution in [0.25, 0.3) is 0 Å². The number of piperidine rings is 1. The molecule has 3 rings (SSSR count). The summed E-state index contributed by atoms with van der Waals surface area (Å²) in [5.74, 6) is 0.902. The lowest BCUT2D eigenvalue weighted by atomic mass is 9.96. The van der Waals surface area contributed by atoms with E-state index in [1.807, 2.05) is 29.3 Å². The molecular formula is C19H25N5O. The monoisotopic (exact) mass is 339 g/mol. The summed E-state index contributed by atoms with van der Waals surface area (Å²) in [5.41, 5.74) is 1.06. The molecule has 25 heavy (non-hydrogen) atoms. The van der Waals surface area contributed by atoms with Gasteiger partial charge in [0.1, 0.15) is 0 Å². The van der Waals surface area contributed by atoms with Crippen LogP contribution in [0.5, 0.6) is 0 Å². The van der Waals surface area contributed by atoms with Crippen LogP contribution in [-0.2, 0) is 11.3 Å². The van der Waals surface area contributed by atoms with Crippen LogP contribution in [0.15, 0.2) is 43.0 Å². The summed E-state index contributed by atoms with van der Waals surface area (Å²) >= 11 is 0. The normalized spacial score (nSPS) is 17.6.